The molecule has 0 aliphatic carbocycles. The van der Waals surface area contributed by atoms with Crippen molar-refractivity contribution in [3.63, 3.8) is 0 Å². The monoisotopic (exact) mass is 292 g/mol. The highest BCUT2D eigenvalue weighted by molar-refractivity contribution is 9.10. The maximum atomic E-state index is 11.0. The second kappa shape index (κ2) is 9.39. The number of ether oxygens (including phenoxy) is 2. The first-order valence-electron chi connectivity index (χ1n) is 5.18. The molecule has 0 N–H and O–H groups in total. The lowest BCUT2D eigenvalue weighted by Gasteiger charge is -2.06. The Morgan fingerprint density at radius 2 is 1.81 bits per heavy atom. The molecule has 0 spiro atoms. The van der Waals surface area contributed by atoms with Crippen LogP contribution >= 0.6 is 15.9 Å². The summed E-state index contributed by atoms with van der Waals surface area (Å²) in [6, 6.07) is 0. The highest BCUT2D eigenvalue weighted by Gasteiger charge is 2.08. The molecule has 0 amide bonds. The van der Waals surface area contributed by atoms with Crippen LogP contribution in [-0.2, 0) is 19.1 Å². The molecule has 0 heterocycles. The van der Waals surface area contributed by atoms with Gasteiger partial charge in [0.05, 0.1) is 13.2 Å². The number of esters is 2. The lowest BCUT2D eigenvalue weighted by molar-refractivity contribution is -0.142. The fourth-order valence-electron chi connectivity index (χ4n) is 0.900. The van der Waals surface area contributed by atoms with Crippen LogP contribution in [0.2, 0.25) is 0 Å². The second-order valence-electron chi connectivity index (χ2n) is 3.22. The average molecular weight is 293 g/mol. The summed E-state index contributed by atoms with van der Waals surface area (Å²) >= 11 is 3.12. The quantitative estimate of drug-likeness (QED) is 0.298. The summed E-state index contributed by atoms with van der Waals surface area (Å²) < 4.78 is 9.73. The Hall–Kier alpha value is -0.840. The van der Waals surface area contributed by atoms with Gasteiger partial charge in [-0.2, -0.15) is 0 Å². The van der Waals surface area contributed by atoms with Gasteiger partial charge in [0.25, 0.3) is 0 Å². The Morgan fingerprint density at radius 3 is 2.31 bits per heavy atom. The standard InChI is InChI=1S/C11H17BrO4/c1-3-10(13)15-7-5-4-6-8-16-11(14)9(2)12/h3,9H,1,4-8H2,2H3/t9-/m0/s1. The number of halogens is 1. The van der Waals surface area contributed by atoms with E-state index in [0.717, 1.165) is 25.3 Å². The van der Waals surface area contributed by atoms with E-state index in [-0.39, 0.29) is 10.8 Å². The van der Waals surface area contributed by atoms with E-state index in [4.69, 9.17) is 9.47 Å². The summed E-state index contributed by atoms with van der Waals surface area (Å²) in [5, 5.41) is 0. The van der Waals surface area contributed by atoms with E-state index < -0.39 is 5.97 Å². The molecular weight excluding hydrogens is 276 g/mol. The van der Waals surface area contributed by atoms with Crippen LogP contribution in [0.4, 0.5) is 0 Å². The fraction of sp³-hybridized carbons (Fsp3) is 0.636. The van der Waals surface area contributed by atoms with Crippen molar-refractivity contribution in [1.82, 2.24) is 0 Å². The second-order valence-corrected chi connectivity index (χ2v) is 4.59. The number of alkyl halides is 1. The molecule has 0 aliphatic heterocycles. The van der Waals surface area contributed by atoms with Gasteiger partial charge in [0.15, 0.2) is 0 Å². The first-order chi connectivity index (χ1) is 7.57. The number of carbonyl (C=O) groups excluding carboxylic acids is 2. The van der Waals surface area contributed by atoms with E-state index >= 15 is 0 Å². The molecule has 0 saturated carbocycles. The van der Waals surface area contributed by atoms with Crippen molar-refractivity contribution < 1.29 is 19.1 Å². The van der Waals surface area contributed by atoms with Crippen LogP contribution in [0.3, 0.4) is 0 Å². The van der Waals surface area contributed by atoms with Crippen LogP contribution in [0, 0.1) is 0 Å². The molecular formula is C11H17BrO4. The third-order valence-corrected chi connectivity index (χ3v) is 2.14. The molecule has 1 atom stereocenters. The molecule has 0 unspecified atom stereocenters. The van der Waals surface area contributed by atoms with Gasteiger partial charge < -0.3 is 9.47 Å². The van der Waals surface area contributed by atoms with Gasteiger partial charge in [-0.05, 0) is 26.2 Å². The number of carbonyl (C=O) groups is 2. The predicted molar refractivity (Wildman–Crippen MR) is 64.4 cm³/mol. The van der Waals surface area contributed by atoms with Gasteiger partial charge in [0, 0.05) is 6.08 Å². The van der Waals surface area contributed by atoms with Gasteiger partial charge in [0.2, 0.25) is 0 Å². The molecule has 0 saturated heterocycles. The minimum Gasteiger partial charge on any atom is -0.465 e. The Labute approximate surface area is 104 Å². The lowest BCUT2D eigenvalue weighted by atomic mass is 10.2. The predicted octanol–water partition coefficient (Wildman–Crippen LogP) is 2.21. The van der Waals surface area contributed by atoms with Crippen molar-refractivity contribution in [3.05, 3.63) is 12.7 Å². The molecule has 0 radical (unpaired) electrons. The molecule has 92 valence electrons. The number of hydrogen-bond donors (Lipinski definition) is 0. The Bertz CT molecular complexity index is 238. The molecule has 0 aliphatic rings. The maximum Gasteiger partial charge on any atom is 0.330 e. The SMILES string of the molecule is C=CC(=O)OCCCCCOC(=O)[C@H](C)Br. The van der Waals surface area contributed by atoms with Crippen LogP contribution in [0.15, 0.2) is 12.7 Å². The first kappa shape index (κ1) is 15.2. The lowest BCUT2D eigenvalue weighted by Crippen LogP contribution is -2.14. The third kappa shape index (κ3) is 8.47. The highest BCUT2D eigenvalue weighted by atomic mass is 79.9. The summed E-state index contributed by atoms with van der Waals surface area (Å²) in [6.07, 6.45) is 3.53. The van der Waals surface area contributed by atoms with Gasteiger partial charge in [-0.25, -0.2) is 4.79 Å². The largest absolute Gasteiger partial charge is 0.465 e. The molecule has 16 heavy (non-hydrogen) atoms. The van der Waals surface area contributed by atoms with E-state index in [1.807, 2.05) is 0 Å². The van der Waals surface area contributed by atoms with E-state index in [1.54, 1.807) is 6.92 Å². The number of unbranched alkanes of at least 4 members (excludes halogenated alkanes) is 2. The van der Waals surface area contributed by atoms with E-state index in [1.165, 1.54) is 0 Å². The molecule has 0 fully saturated rings. The normalized spacial score (nSPS) is 11.6. The smallest absolute Gasteiger partial charge is 0.330 e. The number of hydrogen-bond acceptors (Lipinski definition) is 4. The van der Waals surface area contributed by atoms with Crippen molar-refractivity contribution in [1.29, 1.82) is 0 Å². The van der Waals surface area contributed by atoms with Crippen LogP contribution in [0.1, 0.15) is 26.2 Å². The van der Waals surface area contributed by atoms with Gasteiger partial charge in [-0.3, -0.25) is 4.79 Å². The van der Waals surface area contributed by atoms with E-state index in [9.17, 15) is 9.59 Å². The average Bonchev–Trinajstić information content (AvgIpc) is 2.26. The molecule has 0 rings (SSSR count). The zero-order chi connectivity index (χ0) is 12.4. The van der Waals surface area contributed by atoms with Gasteiger partial charge in [-0.15, -0.1) is 0 Å². The summed E-state index contributed by atoms with van der Waals surface area (Å²) in [5.41, 5.74) is 0. The molecule has 0 bridgehead atoms. The maximum absolute atomic E-state index is 11.0. The topological polar surface area (TPSA) is 52.6 Å². The van der Waals surface area contributed by atoms with Crippen molar-refractivity contribution >= 4 is 27.9 Å². The zero-order valence-electron chi connectivity index (χ0n) is 9.41. The number of rotatable bonds is 8. The van der Waals surface area contributed by atoms with E-state index in [2.05, 4.69) is 22.5 Å². The summed E-state index contributed by atoms with van der Waals surface area (Å²) in [5.74, 6) is -0.655. The Balaban J connectivity index is 3.25. The van der Waals surface area contributed by atoms with Crippen LogP contribution in [0.25, 0.3) is 0 Å². The van der Waals surface area contributed by atoms with Crippen LogP contribution < -0.4 is 0 Å². The minimum atomic E-state index is -0.403. The third-order valence-electron chi connectivity index (χ3n) is 1.77. The molecule has 5 heteroatoms. The van der Waals surface area contributed by atoms with Gasteiger partial charge in [-0.1, -0.05) is 22.5 Å². The first-order valence-corrected chi connectivity index (χ1v) is 6.09. The summed E-state index contributed by atoms with van der Waals surface area (Å²) in [7, 11) is 0. The van der Waals surface area contributed by atoms with Crippen LogP contribution in [0.5, 0.6) is 0 Å². The Morgan fingerprint density at radius 1 is 1.25 bits per heavy atom. The summed E-state index contributed by atoms with van der Waals surface area (Å²) in [6.45, 7) is 5.80. The Kier molecular flexibility index (Phi) is 8.90. The van der Waals surface area contributed by atoms with Crippen molar-refractivity contribution in [3.8, 4) is 0 Å². The minimum absolute atomic E-state index is 0.252. The van der Waals surface area contributed by atoms with Gasteiger partial charge >= 0.3 is 11.9 Å². The van der Waals surface area contributed by atoms with Crippen molar-refractivity contribution in [2.75, 3.05) is 13.2 Å². The zero-order valence-corrected chi connectivity index (χ0v) is 11.0. The highest BCUT2D eigenvalue weighted by Crippen LogP contribution is 2.02. The van der Waals surface area contributed by atoms with Gasteiger partial charge in [0.1, 0.15) is 4.83 Å². The fourth-order valence-corrected chi connectivity index (χ4v) is 1.03. The van der Waals surface area contributed by atoms with Crippen molar-refractivity contribution in [2.24, 2.45) is 0 Å². The van der Waals surface area contributed by atoms with Crippen molar-refractivity contribution in [2.45, 2.75) is 31.0 Å². The molecule has 0 aromatic carbocycles. The molecule has 0 aromatic heterocycles. The van der Waals surface area contributed by atoms with Crippen LogP contribution in [-0.4, -0.2) is 30.0 Å². The van der Waals surface area contributed by atoms with E-state index in [0.29, 0.717) is 13.2 Å². The molecule has 0 aromatic rings. The summed E-state index contributed by atoms with van der Waals surface area (Å²) in [4.78, 5) is 21.4. The molecule has 4 nitrogen and oxygen atoms in total.